The van der Waals surface area contributed by atoms with Crippen molar-refractivity contribution in [3.8, 4) is 0 Å². The fourth-order valence-corrected chi connectivity index (χ4v) is 7.71. The second kappa shape index (κ2) is 59.7. The SMILES string of the molecule is CC/C=C\C/C=C\C/C=C\C/C=C\C/C=C\C/C=C\CCC(=O)OC(COC(=O)CCCC/C=C\C/C=C\C/C=C\C/C=C\CC)COP(=O)(O)OCC(CO)OC(=O)CCCCC/C=C\C/C=C\C/C=C\C/C=C\C/C=C\CC. The number of phosphoric acid groups is 1. The van der Waals surface area contributed by atoms with Crippen LogP contribution < -0.4 is 0 Å². The molecule has 3 unspecified atom stereocenters. The van der Waals surface area contributed by atoms with Crippen molar-refractivity contribution in [3.63, 3.8) is 0 Å². The summed E-state index contributed by atoms with van der Waals surface area (Å²) >= 11 is 0. The van der Waals surface area contributed by atoms with Crippen LogP contribution in [-0.4, -0.2) is 66.5 Å². The molecule has 0 aliphatic carbocycles. The van der Waals surface area contributed by atoms with Crippen molar-refractivity contribution < 1.29 is 52.2 Å². The number of unbranched alkanes of at least 4 members (excludes halogenated alkanes) is 5. The second-order valence-corrected chi connectivity index (χ2v) is 20.1. The number of aliphatic hydroxyl groups excluding tert-OH is 1. The van der Waals surface area contributed by atoms with Gasteiger partial charge in [-0.15, -0.1) is 0 Å². The lowest BCUT2D eigenvalue weighted by Gasteiger charge is -2.21. The van der Waals surface area contributed by atoms with E-state index in [2.05, 4.69) is 191 Å². The van der Waals surface area contributed by atoms with Crippen LogP contribution in [0.1, 0.15) is 188 Å². The fraction of sp³-hybridized carbons (Fsp3) is 0.515. The molecule has 3 atom stereocenters. The highest BCUT2D eigenvalue weighted by atomic mass is 31.2. The Morgan fingerprint density at radius 3 is 1.01 bits per heavy atom. The maximum Gasteiger partial charge on any atom is 0.472 e. The van der Waals surface area contributed by atoms with E-state index in [1.165, 1.54) is 0 Å². The number of hydrogen-bond donors (Lipinski definition) is 2. The fourth-order valence-electron chi connectivity index (χ4n) is 6.93. The van der Waals surface area contributed by atoms with Gasteiger partial charge in [0.05, 0.1) is 19.8 Å². The maximum atomic E-state index is 12.9. The molecule has 80 heavy (non-hydrogen) atoms. The monoisotopic (exact) mass is 1130 g/mol. The van der Waals surface area contributed by atoms with Crippen molar-refractivity contribution in [2.45, 2.75) is 200 Å². The lowest BCUT2D eigenvalue weighted by Crippen LogP contribution is -2.30. The van der Waals surface area contributed by atoms with Gasteiger partial charge in [0.2, 0.25) is 0 Å². The van der Waals surface area contributed by atoms with Gasteiger partial charge < -0.3 is 24.2 Å². The van der Waals surface area contributed by atoms with Crippen LogP contribution in [0.15, 0.2) is 182 Å². The van der Waals surface area contributed by atoms with Crippen molar-refractivity contribution in [2.24, 2.45) is 0 Å². The highest BCUT2D eigenvalue weighted by Gasteiger charge is 2.28. The van der Waals surface area contributed by atoms with Crippen LogP contribution >= 0.6 is 7.82 Å². The lowest BCUT2D eigenvalue weighted by molar-refractivity contribution is -0.161. The van der Waals surface area contributed by atoms with Crippen LogP contribution in [0.25, 0.3) is 0 Å². The molecule has 11 nitrogen and oxygen atoms in total. The van der Waals surface area contributed by atoms with Crippen molar-refractivity contribution in [1.82, 2.24) is 0 Å². The lowest BCUT2D eigenvalue weighted by atomic mass is 10.1. The highest BCUT2D eigenvalue weighted by molar-refractivity contribution is 7.47. The zero-order valence-electron chi connectivity index (χ0n) is 49.2. The predicted molar refractivity (Wildman–Crippen MR) is 334 cm³/mol. The third kappa shape index (κ3) is 57.3. The van der Waals surface area contributed by atoms with Gasteiger partial charge in [-0.05, 0) is 141 Å². The topological polar surface area (TPSA) is 155 Å². The number of carbonyl (C=O) groups is 3. The van der Waals surface area contributed by atoms with E-state index < -0.39 is 64.4 Å². The quantitative estimate of drug-likeness (QED) is 0.0197. The van der Waals surface area contributed by atoms with E-state index in [-0.39, 0.29) is 19.3 Å². The molecule has 0 spiro atoms. The molecule has 0 bridgehead atoms. The van der Waals surface area contributed by atoms with Crippen molar-refractivity contribution in [3.05, 3.63) is 182 Å². The zero-order valence-corrected chi connectivity index (χ0v) is 50.1. The summed E-state index contributed by atoms with van der Waals surface area (Å²) in [6.07, 6.45) is 81.5. The second-order valence-electron chi connectivity index (χ2n) is 18.7. The molecule has 0 saturated carbocycles. The number of carbonyl (C=O) groups excluding carboxylic acids is 3. The first kappa shape index (κ1) is 74.6. The van der Waals surface area contributed by atoms with E-state index >= 15 is 0 Å². The molecule has 2 N–H and O–H groups in total. The van der Waals surface area contributed by atoms with Crippen LogP contribution in [-0.2, 0) is 42.2 Å². The summed E-state index contributed by atoms with van der Waals surface area (Å²) in [7, 11) is -4.81. The third-order valence-corrected chi connectivity index (χ3v) is 12.3. The number of allylic oxidation sites excluding steroid dienone is 30. The third-order valence-electron chi connectivity index (χ3n) is 11.3. The Bertz CT molecular complexity index is 2040. The van der Waals surface area contributed by atoms with E-state index in [1.54, 1.807) is 0 Å². The molecule has 0 aliphatic heterocycles. The Morgan fingerprint density at radius 1 is 0.350 bits per heavy atom. The van der Waals surface area contributed by atoms with E-state index in [0.29, 0.717) is 25.7 Å². The highest BCUT2D eigenvalue weighted by Crippen LogP contribution is 2.43. The maximum absolute atomic E-state index is 12.9. The molecule has 0 rings (SSSR count). The van der Waals surface area contributed by atoms with Gasteiger partial charge in [0.25, 0.3) is 0 Å². The number of hydrogen-bond acceptors (Lipinski definition) is 10. The van der Waals surface area contributed by atoms with Crippen LogP contribution in [0, 0.1) is 0 Å². The van der Waals surface area contributed by atoms with Gasteiger partial charge in [0.1, 0.15) is 12.7 Å². The normalized spacial score (nSPS) is 14.6. The summed E-state index contributed by atoms with van der Waals surface area (Å²) in [5.74, 6) is -1.68. The smallest absolute Gasteiger partial charge is 0.462 e. The van der Waals surface area contributed by atoms with Gasteiger partial charge in [-0.25, -0.2) is 4.57 Å². The molecular weight excluding hydrogens is 1020 g/mol. The van der Waals surface area contributed by atoms with Crippen molar-refractivity contribution >= 4 is 25.7 Å². The average molecular weight is 1130 g/mol. The number of esters is 3. The molecule has 0 aromatic heterocycles. The van der Waals surface area contributed by atoms with Gasteiger partial charge in [0.15, 0.2) is 6.10 Å². The van der Waals surface area contributed by atoms with Crippen LogP contribution in [0.4, 0.5) is 0 Å². The van der Waals surface area contributed by atoms with Crippen LogP contribution in [0.5, 0.6) is 0 Å². The van der Waals surface area contributed by atoms with Gasteiger partial charge in [-0.1, -0.05) is 209 Å². The summed E-state index contributed by atoms with van der Waals surface area (Å²) in [6.45, 7) is 4.10. The molecule has 0 heterocycles. The molecule has 0 fully saturated rings. The molecule has 0 aliphatic rings. The summed E-state index contributed by atoms with van der Waals surface area (Å²) < 4.78 is 39.4. The summed E-state index contributed by atoms with van der Waals surface area (Å²) in [6, 6.07) is 0. The predicted octanol–water partition coefficient (Wildman–Crippen LogP) is 18.0. The molecule has 446 valence electrons. The standard InChI is InChI=1S/C68H103O11P/c1-4-7-10-13-16-19-22-25-28-30-32-34-37-40-43-46-49-52-55-58-67(71)78-64(60-69)62-76-80(73,74)77-63-65(61-75-66(70)57-54-51-48-45-42-39-36-27-24-21-18-15-12-9-6-3)79-68(72)59-56-53-50-47-44-41-38-35-33-31-29-26-23-20-17-14-11-8-5-2/h7-12,16-21,25-29,32-36,40-45,50,53,64-65,69H,4-6,13-15,22-24,30-31,37-39,46-49,51-52,54-63H2,1-3H3,(H,73,74)/b10-7-,11-8-,12-9-,19-16-,20-17-,21-18-,28-25-,29-26-,34-32-,35-33-,36-27-,43-40-,44-41-,45-42-,53-50-. The molecule has 12 heteroatoms. The minimum absolute atomic E-state index is 0.0189. The van der Waals surface area contributed by atoms with E-state index in [1.807, 2.05) is 12.2 Å². The minimum Gasteiger partial charge on any atom is -0.462 e. The minimum atomic E-state index is -4.81. The van der Waals surface area contributed by atoms with Gasteiger partial charge >= 0.3 is 25.7 Å². The van der Waals surface area contributed by atoms with E-state index in [0.717, 1.165) is 122 Å². The number of aliphatic hydroxyl groups is 1. The first-order valence-corrected chi connectivity index (χ1v) is 31.2. The average Bonchev–Trinajstić information content (AvgIpc) is 3.45. The number of phosphoric ester groups is 1. The Hall–Kier alpha value is -5.42. The zero-order chi connectivity index (χ0) is 58.3. The number of ether oxygens (including phenoxy) is 3. The summed E-state index contributed by atoms with van der Waals surface area (Å²) in [5, 5.41) is 9.83. The molecule has 0 aromatic carbocycles. The van der Waals surface area contributed by atoms with Crippen LogP contribution in [0.2, 0.25) is 0 Å². The molecule has 0 saturated heterocycles. The Labute approximate surface area is 484 Å². The molecule has 0 aromatic rings. The van der Waals surface area contributed by atoms with Gasteiger partial charge in [-0.3, -0.25) is 23.4 Å². The summed E-state index contributed by atoms with van der Waals surface area (Å²) in [5.41, 5.74) is 0. The number of rotatable bonds is 52. The first-order chi connectivity index (χ1) is 39.2. The van der Waals surface area contributed by atoms with E-state index in [9.17, 15) is 28.9 Å². The molecule has 0 amide bonds. The Morgan fingerprint density at radius 2 is 0.637 bits per heavy atom. The van der Waals surface area contributed by atoms with Crippen LogP contribution in [0.3, 0.4) is 0 Å². The Balaban J connectivity index is 4.93. The van der Waals surface area contributed by atoms with Crippen molar-refractivity contribution in [2.75, 3.05) is 26.4 Å². The summed E-state index contributed by atoms with van der Waals surface area (Å²) in [4.78, 5) is 48.6. The van der Waals surface area contributed by atoms with Gasteiger partial charge in [0, 0.05) is 19.3 Å². The molecular formula is C68H103O11P. The van der Waals surface area contributed by atoms with Crippen molar-refractivity contribution in [1.29, 1.82) is 0 Å². The largest absolute Gasteiger partial charge is 0.472 e. The van der Waals surface area contributed by atoms with Gasteiger partial charge in [-0.2, -0.15) is 0 Å². The molecule has 0 radical (unpaired) electrons. The van der Waals surface area contributed by atoms with E-state index in [4.69, 9.17) is 23.3 Å². The first-order valence-electron chi connectivity index (χ1n) is 29.7. The Kier molecular flexibility index (Phi) is 55.7.